The first-order valence-electron chi connectivity index (χ1n) is 9.16. The molecule has 1 amide bonds. The average molecular weight is 411 g/mol. The normalized spacial score (nSPS) is 17.8. The fraction of sp³-hybridized carbons (Fsp3) is 0.450. The van der Waals surface area contributed by atoms with Crippen molar-refractivity contribution < 1.29 is 13.6 Å². The smallest absolute Gasteiger partial charge is 0.224 e. The molecule has 1 aliphatic rings. The molecule has 7 heteroatoms. The molecular formula is C20H24ClFN2O2S. The Morgan fingerprint density at radius 2 is 2.26 bits per heavy atom. The number of furan rings is 1. The number of nitrogens with zero attached hydrogens (tertiary/aromatic N) is 1. The molecule has 1 N–H and O–H groups in total. The fourth-order valence-electron chi connectivity index (χ4n) is 3.28. The van der Waals surface area contributed by atoms with E-state index >= 15 is 0 Å². The molecule has 146 valence electrons. The van der Waals surface area contributed by atoms with Gasteiger partial charge in [-0.15, -0.1) is 0 Å². The number of piperidine rings is 1. The van der Waals surface area contributed by atoms with Crippen LogP contribution < -0.4 is 5.32 Å². The van der Waals surface area contributed by atoms with Gasteiger partial charge in [0.2, 0.25) is 5.91 Å². The van der Waals surface area contributed by atoms with Crippen molar-refractivity contribution in [3.8, 4) is 0 Å². The average Bonchev–Trinajstić information content (AvgIpc) is 3.18. The molecule has 1 fully saturated rings. The third-order valence-corrected chi connectivity index (χ3v) is 6.03. The van der Waals surface area contributed by atoms with Crippen molar-refractivity contribution in [3.63, 3.8) is 0 Å². The van der Waals surface area contributed by atoms with Gasteiger partial charge in [0.05, 0.1) is 17.9 Å². The Morgan fingerprint density at radius 3 is 3.04 bits per heavy atom. The van der Waals surface area contributed by atoms with Gasteiger partial charge in [-0.1, -0.05) is 17.7 Å². The predicted molar refractivity (Wildman–Crippen MR) is 107 cm³/mol. The number of amides is 1. The number of carbonyl (C=O) groups excluding carboxylic acids is 1. The lowest BCUT2D eigenvalue weighted by atomic mass is 9.96. The van der Waals surface area contributed by atoms with Crippen LogP contribution in [-0.4, -0.2) is 36.2 Å². The molecule has 1 aromatic carbocycles. The molecule has 1 aromatic heterocycles. The highest BCUT2D eigenvalue weighted by molar-refractivity contribution is 7.98. The summed E-state index contributed by atoms with van der Waals surface area (Å²) in [6.07, 6.45) is 3.46. The molecule has 1 unspecified atom stereocenters. The number of thioether (sulfide) groups is 1. The summed E-state index contributed by atoms with van der Waals surface area (Å²) in [5.41, 5.74) is 0.509. The lowest BCUT2D eigenvalue weighted by molar-refractivity contribution is -0.126. The van der Waals surface area contributed by atoms with Crippen molar-refractivity contribution in [2.24, 2.45) is 5.92 Å². The monoisotopic (exact) mass is 410 g/mol. The Bertz CT molecular complexity index is 721. The van der Waals surface area contributed by atoms with Crippen molar-refractivity contribution in [3.05, 3.63) is 58.8 Å². The van der Waals surface area contributed by atoms with Crippen LogP contribution in [0.5, 0.6) is 0 Å². The summed E-state index contributed by atoms with van der Waals surface area (Å²) in [6.45, 7) is 2.57. The zero-order chi connectivity index (χ0) is 19.1. The first-order chi connectivity index (χ1) is 13.1. The van der Waals surface area contributed by atoms with Gasteiger partial charge in [-0.25, -0.2) is 4.39 Å². The molecule has 1 aliphatic heterocycles. The lowest BCUT2D eigenvalue weighted by Gasteiger charge is -2.32. The first kappa shape index (κ1) is 20.2. The van der Waals surface area contributed by atoms with E-state index in [1.165, 1.54) is 6.07 Å². The van der Waals surface area contributed by atoms with Gasteiger partial charge in [0.15, 0.2) is 0 Å². The number of carbonyl (C=O) groups is 1. The number of hydrogen-bond donors (Lipinski definition) is 1. The molecule has 0 aliphatic carbocycles. The summed E-state index contributed by atoms with van der Waals surface area (Å²) in [7, 11) is 0. The highest BCUT2D eigenvalue weighted by Gasteiger charge is 2.26. The Labute approximate surface area is 168 Å². The van der Waals surface area contributed by atoms with E-state index in [2.05, 4.69) is 10.2 Å². The van der Waals surface area contributed by atoms with E-state index in [1.54, 1.807) is 30.2 Å². The Balaban J connectivity index is 1.41. The minimum Gasteiger partial charge on any atom is -0.468 e. The standard InChI is InChI=1S/C20H24ClFN2O2S/c21-18-6-1-7-19(22)17(18)13-24-9-2-4-15(12-24)20(25)23-8-11-27-14-16-5-3-10-26-16/h1,3,5-7,10,15H,2,4,8-9,11-14H2,(H,23,25). The van der Waals surface area contributed by atoms with Gasteiger partial charge in [0.25, 0.3) is 0 Å². The van der Waals surface area contributed by atoms with Crippen LogP contribution in [0.1, 0.15) is 24.2 Å². The topological polar surface area (TPSA) is 45.5 Å². The van der Waals surface area contributed by atoms with Crippen LogP contribution in [0.15, 0.2) is 41.0 Å². The van der Waals surface area contributed by atoms with Crippen LogP contribution in [0.25, 0.3) is 0 Å². The second-order valence-corrected chi connectivity index (χ2v) is 8.21. The number of likely N-dealkylation sites (tertiary alicyclic amines) is 1. The Kier molecular flexibility index (Phi) is 7.61. The maximum atomic E-state index is 14.0. The number of hydrogen-bond acceptors (Lipinski definition) is 4. The van der Waals surface area contributed by atoms with E-state index in [-0.39, 0.29) is 17.6 Å². The molecule has 4 nitrogen and oxygen atoms in total. The third-order valence-electron chi connectivity index (χ3n) is 4.69. The zero-order valence-corrected chi connectivity index (χ0v) is 16.7. The molecule has 2 aromatic rings. The van der Waals surface area contributed by atoms with Gasteiger partial charge in [0.1, 0.15) is 11.6 Å². The SMILES string of the molecule is O=C(NCCSCc1ccco1)C1CCCN(Cc2c(F)cccc2Cl)C1. The number of nitrogens with one attached hydrogen (secondary N) is 1. The molecule has 3 rings (SSSR count). The molecule has 0 saturated carbocycles. The lowest BCUT2D eigenvalue weighted by Crippen LogP contribution is -2.43. The van der Waals surface area contributed by atoms with Gasteiger partial charge in [-0.05, 0) is 43.7 Å². The summed E-state index contributed by atoms with van der Waals surface area (Å²) >= 11 is 7.86. The van der Waals surface area contributed by atoms with Gasteiger partial charge in [-0.3, -0.25) is 9.69 Å². The Morgan fingerprint density at radius 1 is 1.37 bits per heavy atom. The maximum absolute atomic E-state index is 14.0. The molecule has 0 bridgehead atoms. The van der Waals surface area contributed by atoms with Crippen LogP contribution in [0.3, 0.4) is 0 Å². The maximum Gasteiger partial charge on any atom is 0.224 e. The molecule has 1 saturated heterocycles. The van der Waals surface area contributed by atoms with Gasteiger partial charge >= 0.3 is 0 Å². The van der Waals surface area contributed by atoms with Gasteiger partial charge in [0, 0.05) is 36.0 Å². The van der Waals surface area contributed by atoms with Crippen LogP contribution in [0.2, 0.25) is 5.02 Å². The molecule has 2 heterocycles. The fourth-order valence-corrected chi connectivity index (χ4v) is 4.26. The summed E-state index contributed by atoms with van der Waals surface area (Å²) in [6, 6.07) is 8.56. The third kappa shape index (κ3) is 5.99. The van der Waals surface area contributed by atoms with Crippen LogP contribution in [0.4, 0.5) is 4.39 Å². The Hall–Kier alpha value is -1.50. The molecule has 0 radical (unpaired) electrons. The highest BCUT2D eigenvalue weighted by Crippen LogP contribution is 2.24. The zero-order valence-electron chi connectivity index (χ0n) is 15.1. The number of rotatable bonds is 8. The van der Waals surface area contributed by atoms with E-state index in [0.29, 0.717) is 30.2 Å². The van der Waals surface area contributed by atoms with Crippen molar-refractivity contribution in [1.82, 2.24) is 10.2 Å². The summed E-state index contributed by atoms with van der Waals surface area (Å²) in [5, 5.41) is 3.46. The van der Waals surface area contributed by atoms with E-state index in [4.69, 9.17) is 16.0 Å². The van der Waals surface area contributed by atoms with E-state index < -0.39 is 0 Å². The van der Waals surface area contributed by atoms with E-state index in [0.717, 1.165) is 36.7 Å². The van der Waals surface area contributed by atoms with Crippen molar-refractivity contribution in [2.75, 3.05) is 25.4 Å². The van der Waals surface area contributed by atoms with Crippen molar-refractivity contribution in [2.45, 2.75) is 25.1 Å². The van der Waals surface area contributed by atoms with Crippen LogP contribution in [-0.2, 0) is 17.1 Å². The van der Waals surface area contributed by atoms with Gasteiger partial charge < -0.3 is 9.73 Å². The summed E-state index contributed by atoms with van der Waals surface area (Å²) < 4.78 is 19.3. The quantitative estimate of drug-likeness (QED) is 0.658. The number of halogens is 2. The van der Waals surface area contributed by atoms with Crippen LogP contribution >= 0.6 is 23.4 Å². The van der Waals surface area contributed by atoms with Gasteiger partial charge in [-0.2, -0.15) is 11.8 Å². The highest BCUT2D eigenvalue weighted by atomic mass is 35.5. The summed E-state index contributed by atoms with van der Waals surface area (Å²) in [4.78, 5) is 14.6. The number of benzene rings is 1. The molecular weight excluding hydrogens is 387 g/mol. The second-order valence-electron chi connectivity index (χ2n) is 6.70. The molecule has 1 atom stereocenters. The molecule has 0 spiro atoms. The summed E-state index contributed by atoms with van der Waals surface area (Å²) in [5.74, 6) is 2.33. The van der Waals surface area contributed by atoms with E-state index in [9.17, 15) is 9.18 Å². The first-order valence-corrected chi connectivity index (χ1v) is 10.7. The minimum atomic E-state index is -0.289. The van der Waals surface area contributed by atoms with E-state index in [1.807, 2.05) is 12.1 Å². The minimum absolute atomic E-state index is 0.0561. The van der Waals surface area contributed by atoms with Crippen molar-refractivity contribution >= 4 is 29.3 Å². The largest absolute Gasteiger partial charge is 0.468 e. The van der Waals surface area contributed by atoms with Crippen molar-refractivity contribution in [1.29, 1.82) is 0 Å². The van der Waals surface area contributed by atoms with Crippen LogP contribution in [0, 0.1) is 11.7 Å². The predicted octanol–water partition coefficient (Wildman–Crippen LogP) is 4.33. The molecule has 27 heavy (non-hydrogen) atoms. The second kappa shape index (κ2) is 10.2.